The second-order valence-electron chi connectivity index (χ2n) is 6.74. The Morgan fingerprint density at radius 2 is 1.74 bits per heavy atom. The van der Waals surface area contributed by atoms with Gasteiger partial charge in [0.2, 0.25) is 5.91 Å². The Hall–Kier alpha value is -3.34. The molecule has 4 rings (SSSR count). The van der Waals surface area contributed by atoms with Crippen LogP contribution in [0.3, 0.4) is 0 Å². The van der Waals surface area contributed by atoms with Crippen molar-refractivity contribution < 1.29 is 9.59 Å². The number of fused-ring (bicyclic) bond motifs is 1. The van der Waals surface area contributed by atoms with Gasteiger partial charge in [-0.15, -0.1) is 0 Å². The van der Waals surface area contributed by atoms with Gasteiger partial charge in [-0.2, -0.15) is 0 Å². The van der Waals surface area contributed by atoms with E-state index in [-0.39, 0.29) is 11.8 Å². The lowest BCUT2D eigenvalue weighted by Crippen LogP contribution is -2.38. The highest BCUT2D eigenvalue weighted by atomic mass is 16.2. The number of hydrogen-bond acceptors (Lipinski definition) is 2. The molecule has 1 N–H and O–H groups in total. The van der Waals surface area contributed by atoms with Crippen molar-refractivity contribution in [2.24, 2.45) is 7.05 Å². The van der Waals surface area contributed by atoms with Crippen molar-refractivity contribution in [2.45, 2.75) is 19.1 Å². The number of amides is 2. The number of nitrogens with one attached hydrogen (secondary N) is 1. The van der Waals surface area contributed by atoms with Crippen LogP contribution in [0.15, 0.2) is 72.9 Å². The van der Waals surface area contributed by atoms with Crippen LogP contribution in [0.5, 0.6) is 0 Å². The molecule has 5 heteroatoms. The van der Waals surface area contributed by atoms with Gasteiger partial charge in [-0.1, -0.05) is 48.5 Å². The zero-order valence-electron chi connectivity index (χ0n) is 15.1. The summed E-state index contributed by atoms with van der Waals surface area (Å²) in [6, 6.07) is 20.4. The molecule has 3 aromatic rings. The topological polar surface area (TPSA) is 54.3 Å². The van der Waals surface area contributed by atoms with E-state index in [2.05, 4.69) is 5.32 Å². The van der Waals surface area contributed by atoms with Crippen molar-refractivity contribution >= 4 is 11.8 Å². The Labute approximate surface area is 158 Å². The molecule has 0 saturated heterocycles. The third-order valence-electron chi connectivity index (χ3n) is 5.00. The van der Waals surface area contributed by atoms with Crippen LogP contribution in [0.2, 0.25) is 0 Å². The van der Waals surface area contributed by atoms with Crippen LogP contribution in [0.25, 0.3) is 0 Å². The first-order valence-corrected chi connectivity index (χ1v) is 8.97. The van der Waals surface area contributed by atoms with Crippen LogP contribution in [0, 0.1) is 0 Å². The Morgan fingerprint density at radius 3 is 2.48 bits per heavy atom. The molecule has 2 amide bonds. The zero-order valence-corrected chi connectivity index (χ0v) is 15.1. The third-order valence-corrected chi connectivity index (χ3v) is 5.00. The van der Waals surface area contributed by atoms with E-state index in [0.717, 1.165) is 16.8 Å². The molecule has 0 bridgehead atoms. The van der Waals surface area contributed by atoms with Gasteiger partial charge >= 0.3 is 0 Å². The summed E-state index contributed by atoms with van der Waals surface area (Å²) >= 11 is 0. The van der Waals surface area contributed by atoms with Gasteiger partial charge in [-0.05, 0) is 29.3 Å². The van der Waals surface area contributed by atoms with Crippen molar-refractivity contribution in [3.8, 4) is 0 Å². The normalized spacial score (nSPS) is 15.7. The molecule has 1 aromatic heterocycles. The zero-order chi connectivity index (χ0) is 18.8. The first-order valence-electron chi connectivity index (χ1n) is 8.97. The number of carbonyl (C=O) groups is 2. The molecule has 136 valence electrons. The molecule has 0 fully saturated rings. The minimum atomic E-state index is -0.618. The Bertz CT molecular complexity index is 978. The molecule has 0 saturated carbocycles. The first-order chi connectivity index (χ1) is 13.1. The fraction of sp³-hybridized carbons (Fsp3) is 0.182. The van der Waals surface area contributed by atoms with Gasteiger partial charge < -0.3 is 14.8 Å². The van der Waals surface area contributed by atoms with Crippen LogP contribution < -0.4 is 5.32 Å². The van der Waals surface area contributed by atoms with Gasteiger partial charge in [-0.25, -0.2) is 0 Å². The Kier molecular flexibility index (Phi) is 4.50. The maximum absolute atomic E-state index is 13.0. The van der Waals surface area contributed by atoms with Crippen LogP contribution in [-0.4, -0.2) is 21.3 Å². The molecule has 1 aliphatic rings. The summed E-state index contributed by atoms with van der Waals surface area (Å²) in [7, 11) is 1.94. The van der Waals surface area contributed by atoms with Crippen molar-refractivity contribution in [2.75, 3.05) is 0 Å². The van der Waals surface area contributed by atoms with Crippen LogP contribution in [-0.2, 0) is 24.9 Å². The number of carbonyl (C=O) groups excluding carboxylic acids is 2. The lowest BCUT2D eigenvalue weighted by atomic mass is 10.0. The Morgan fingerprint density at radius 1 is 1.00 bits per heavy atom. The van der Waals surface area contributed by atoms with E-state index in [1.54, 1.807) is 11.0 Å². The van der Waals surface area contributed by atoms with Gasteiger partial charge in [0.1, 0.15) is 6.04 Å². The molecular formula is C22H21N3O2. The number of aryl methyl sites for hydroxylation is 1. The summed E-state index contributed by atoms with van der Waals surface area (Å²) in [5.41, 5.74) is 3.38. The van der Waals surface area contributed by atoms with E-state index in [4.69, 9.17) is 0 Å². The maximum Gasteiger partial charge on any atom is 0.255 e. The number of hydrogen-bond donors (Lipinski definition) is 1. The molecule has 0 spiro atoms. The molecule has 2 heterocycles. The summed E-state index contributed by atoms with van der Waals surface area (Å²) in [5, 5.41) is 2.99. The molecule has 1 unspecified atom stereocenters. The predicted molar refractivity (Wildman–Crippen MR) is 103 cm³/mol. The minimum absolute atomic E-state index is 0.105. The summed E-state index contributed by atoms with van der Waals surface area (Å²) < 4.78 is 1.97. The summed E-state index contributed by atoms with van der Waals surface area (Å²) in [4.78, 5) is 27.7. The van der Waals surface area contributed by atoms with Gasteiger partial charge in [0.25, 0.3) is 5.91 Å². The number of nitrogens with zero attached hydrogens (tertiary/aromatic N) is 2. The number of benzene rings is 2. The highest BCUT2D eigenvalue weighted by molar-refractivity contribution is 6.04. The standard InChI is InChI=1S/C22H21N3O2/c1-24-13-7-10-17(24)15-25-20(18-11-5-6-12-19(18)22(25)27)21(26)23-14-16-8-3-2-4-9-16/h2-13,20H,14-15H2,1H3,(H,23,26). The highest BCUT2D eigenvalue weighted by Crippen LogP contribution is 2.35. The minimum Gasteiger partial charge on any atom is -0.353 e. The fourth-order valence-electron chi connectivity index (χ4n) is 3.53. The van der Waals surface area contributed by atoms with Crippen LogP contribution in [0.1, 0.15) is 33.2 Å². The van der Waals surface area contributed by atoms with Crippen LogP contribution >= 0.6 is 0 Å². The smallest absolute Gasteiger partial charge is 0.255 e. The average Bonchev–Trinajstić information content (AvgIpc) is 3.23. The molecule has 27 heavy (non-hydrogen) atoms. The van der Waals surface area contributed by atoms with Crippen LogP contribution in [0.4, 0.5) is 0 Å². The average molecular weight is 359 g/mol. The SMILES string of the molecule is Cn1cccc1CN1C(=O)c2ccccc2C1C(=O)NCc1ccccc1. The lowest BCUT2D eigenvalue weighted by molar-refractivity contribution is -0.125. The van der Waals surface area contributed by atoms with Gasteiger partial charge in [0, 0.05) is 31.0 Å². The van der Waals surface area contributed by atoms with Gasteiger partial charge in [0.15, 0.2) is 0 Å². The van der Waals surface area contributed by atoms with E-state index < -0.39 is 6.04 Å². The van der Waals surface area contributed by atoms with E-state index in [9.17, 15) is 9.59 Å². The summed E-state index contributed by atoms with van der Waals surface area (Å²) in [6.45, 7) is 0.824. The molecule has 5 nitrogen and oxygen atoms in total. The second-order valence-corrected chi connectivity index (χ2v) is 6.74. The monoisotopic (exact) mass is 359 g/mol. The molecule has 1 aliphatic heterocycles. The van der Waals surface area contributed by atoms with E-state index in [1.807, 2.05) is 78.5 Å². The summed E-state index contributed by atoms with van der Waals surface area (Å²) in [6.07, 6.45) is 1.94. The molecule has 0 aliphatic carbocycles. The largest absolute Gasteiger partial charge is 0.353 e. The molecule has 2 aromatic carbocycles. The van der Waals surface area contributed by atoms with E-state index >= 15 is 0 Å². The Balaban J connectivity index is 1.60. The van der Waals surface area contributed by atoms with Crippen molar-refractivity contribution in [1.29, 1.82) is 0 Å². The molecular weight excluding hydrogens is 338 g/mol. The summed E-state index contributed by atoms with van der Waals surface area (Å²) in [5.74, 6) is -0.266. The second kappa shape index (κ2) is 7.11. The van der Waals surface area contributed by atoms with Crippen molar-refractivity contribution in [3.05, 3.63) is 95.3 Å². The predicted octanol–water partition coefficient (Wildman–Crippen LogP) is 3.04. The molecule has 0 radical (unpaired) electrons. The van der Waals surface area contributed by atoms with Crippen molar-refractivity contribution in [1.82, 2.24) is 14.8 Å². The van der Waals surface area contributed by atoms with E-state index in [1.165, 1.54) is 0 Å². The number of rotatable bonds is 5. The van der Waals surface area contributed by atoms with Crippen molar-refractivity contribution in [3.63, 3.8) is 0 Å². The lowest BCUT2D eigenvalue weighted by Gasteiger charge is -2.25. The first kappa shape index (κ1) is 17.1. The number of aromatic nitrogens is 1. The fourth-order valence-corrected chi connectivity index (χ4v) is 3.53. The quantitative estimate of drug-likeness (QED) is 0.761. The highest BCUT2D eigenvalue weighted by Gasteiger charge is 2.40. The molecule has 1 atom stereocenters. The third kappa shape index (κ3) is 3.24. The van der Waals surface area contributed by atoms with Gasteiger partial charge in [-0.3, -0.25) is 9.59 Å². The maximum atomic E-state index is 13.0. The van der Waals surface area contributed by atoms with E-state index in [0.29, 0.717) is 18.7 Å². The van der Waals surface area contributed by atoms with Gasteiger partial charge in [0.05, 0.1) is 6.54 Å².